The molecule has 0 saturated carbocycles. The van der Waals surface area contributed by atoms with E-state index in [9.17, 15) is 0 Å². The molecule has 0 atom stereocenters. The summed E-state index contributed by atoms with van der Waals surface area (Å²) in [5, 5.41) is 4.19. The highest BCUT2D eigenvalue weighted by atomic mass is 127. The highest BCUT2D eigenvalue weighted by Crippen LogP contribution is 2.12. The van der Waals surface area contributed by atoms with Crippen molar-refractivity contribution in [2.24, 2.45) is 10.9 Å². The molecular formula is C6H8IN2. The zero-order valence-electron chi connectivity index (χ0n) is 5.43. The van der Waals surface area contributed by atoms with E-state index in [2.05, 4.69) is 46.7 Å². The van der Waals surface area contributed by atoms with Crippen LogP contribution in [0.25, 0.3) is 0 Å². The number of aliphatic imine (C=N–C) groups is 1. The van der Waals surface area contributed by atoms with Gasteiger partial charge in [-0.2, -0.15) is 0 Å². The fraction of sp³-hybridized carbons (Fsp3) is 0.500. The molecule has 0 saturated heterocycles. The first-order valence-electron chi connectivity index (χ1n) is 2.85. The Balaban J connectivity index is 2.54. The van der Waals surface area contributed by atoms with Gasteiger partial charge in [0.15, 0.2) is 0 Å². The smallest absolute Gasteiger partial charge is 0.132 e. The molecule has 0 fully saturated rings. The Morgan fingerprint density at radius 1 is 1.56 bits per heavy atom. The Bertz CT molecular complexity index is 170. The maximum atomic E-state index is 4.19. The molecule has 0 aliphatic carbocycles. The zero-order valence-corrected chi connectivity index (χ0v) is 7.58. The van der Waals surface area contributed by atoms with Crippen LogP contribution in [0.3, 0.4) is 0 Å². The van der Waals surface area contributed by atoms with Gasteiger partial charge in [-0.05, 0) is 22.6 Å². The second kappa shape index (κ2) is 2.68. The Hall–Kier alpha value is -0.0600. The van der Waals surface area contributed by atoms with Gasteiger partial charge in [-0.3, -0.25) is 0 Å². The second-order valence-corrected chi connectivity index (χ2v) is 3.31. The minimum atomic E-state index is 0.452. The standard InChI is InChI=1S/C6H8IN2/c1-4(2)6-8-3-5(7)9-6/h3-4H,1-2H3. The number of nitrogens with zero attached hydrogens (tertiary/aromatic N) is 2. The third-order valence-corrected chi connectivity index (χ3v) is 1.56. The molecule has 0 aromatic heterocycles. The first-order chi connectivity index (χ1) is 4.20. The summed E-state index contributed by atoms with van der Waals surface area (Å²) in [5.41, 5.74) is 0. The van der Waals surface area contributed by atoms with E-state index in [4.69, 9.17) is 0 Å². The van der Waals surface area contributed by atoms with Gasteiger partial charge in [-0.15, -0.1) is 0 Å². The molecule has 49 valence electrons. The lowest BCUT2D eigenvalue weighted by molar-refractivity contribution is 0.853. The normalized spacial score (nSPS) is 17.3. The lowest BCUT2D eigenvalue weighted by atomic mass is 10.2. The summed E-state index contributed by atoms with van der Waals surface area (Å²) in [6, 6.07) is 0. The minimum absolute atomic E-state index is 0.452. The number of hydrogen-bond acceptors (Lipinski definition) is 1. The highest BCUT2D eigenvalue weighted by Gasteiger charge is 2.11. The molecule has 0 aromatic rings. The molecule has 0 amide bonds. The van der Waals surface area contributed by atoms with Gasteiger partial charge in [0.1, 0.15) is 9.54 Å². The predicted octanol–water partition coefficient (Wildman–Crippen LogP) is 1.89. The van der Waals surface area contributed by atoms with Crippen LogP contribution in [-0.2, 0) is 0 Å². The molecule has 0 N–H and O–H groups in total. The van der Waals surface area contributed by atoms with Crippen molar-refractivity contribution < 1.29 is 0 Å². The first-order valence-corrected chi connectivity index (χ1v) is 3.93. The van der Waals surface area contributed by atoms with E-state index in [1.165, 1.54) is 0 Å². The van der Waals surface area contributed by atoms with Crippen LogP contribution in [0.15, 0.2) is 14.9 Å². The molecule has 1 heterocycles. The van der Waals surface area contributed by atoms with Crippen molar-refractivity contribution in [1.29, 1.82) is 0 Å². The molecule has 1 radical (unpaired) electrons. The van der Waals surface area contributed by atoms with E-state index in [0.717, 1.165) is 9.54 Å². The molecule has 0 bridgehead atoms. The number of rotatable bonds is 1. The van der Waals surface area contributed by atoms with Gasteiger partial charge in [-0.1, -0.05) is 13.8 Å². The molecule has 1 aliphatic heterocycles. The van der Waals surface area contributed by atoms with Crippen LogP contribution in [-0.4, -0.2) is 5.84 Å². The van der Waals surface area contributed by atoms with Gasteiger partial charge >= 0.3 is 0 Å². The Morgan fingerprint density at radius 3 is 2.44 bits per heavy atom. The summed E-state index contributed by atoms with van der Waals surface area (Å²) in [6.07, 6.45) is 1.79. The Kier molecular flexibility index (Phi) is 2.10. The minimum Gasteiger partial charge on any atom is -0.238 e. The van der Waals surface area contributed by atoms with Crippen molar-refractivity contribution >= 4 is 28.4 Å². The van der Waals surface area contributed by atoms with Crippen molar-refractivity contribution in [3.05, 3.63) is 9.90 Å². The van der Waals surface area contributed by atoms with Crippen LogP contribution in [0.4, 0.5) is 0 Å². The number of halogens is 1. The van der Waals surface area contributed by atoms with Gasteiger partial charge in [0, 0.05) is 5.92 Å². The Morgan fingerprint density at radius 2 is 2.22 bits per heavy atom. The maximum absolute atomic E-state index is 4.19. The monoisotopic (exact) mass is 235 g/mol. The molecule has 1 aliphatic rings. The van der Waals surface area contributed by atoms with E-state index < -0.39 is 0 Å². The van der Waals surface area contributed by atoms with Crippen LogP contribution in [0, 0.1) is 5.92 Å². The molecule has 9 heavy (non-hydrogen) atoms. The van der Waals surface area contributed by atoms with Crippen LogP contribution in [0.1, 0.15) is 13.8 Å². The molecular weight excluding hydrogens is 227 g/mol. The summed E-state index contributed by atoms with van der Waals surface area (Å²) in [6.45, 7) is 4.18. The van der Waals surface area contributed by atoms with Crippen LogP contribution in [0.5, 0.6) is 0 Å². The molecule has 0 aromatic carbocycles. The molecule has 3 heteroatoms. The van der Waals surface area contributed by atoms with E-state index in [1.807, 2.05) is 0 Å². The first kappa shape index (κ1) is 7.05. The van der Waals surface area contributed by atoms with Crippen LogP contribution < -0.4 is 5.32 Å². The number of amidine groups is 1. The van der Waals surface area contributed by atoms with Crippen molar-refractivity contribution in [3.8, 4) is 0 Å². The molecule has 1 rings (SSSR count). The van der Waals surface area contributed by atoms with Crippen LogP contribution >= 0.6 is 22.6 Å². The van der Waals surface area contributed by atoms with E-state index in [1.54, 1.807) is 6.20 Å². The number of hydrogen-bond donors (Lipinski definition) is 0. The van der Waals surface area contributed by atoms with Gasteiger partial charge in [0.25, 0.3) is 0 Å². The summed E-state index contributed by atoms with van der Waals surface area (Å²) < 4.78 is 0.983. The highest BCUT2D eigenvalue weighted by molar-refractivity contribution is 14.1. The summed E-state index contributed by atoms with van der Waals surface area (Å²) in [7, 11) is 0. The third kappa shape index (κ3) is 1.67. The van der Waals surface area contributed by atoms with Crippen molar-refractivity contribution in [2.45, 2.75) is 13.8 Å². The van der Waals surface area contributed by atoms with Gasteiger partial charge < -0.3 is 0 Å². The predicted molar refractivity (Wildman–Crippen MR) is 46.5 cm³/mol. The van der Waals surface area contributed by atoms with Gasteiger partial charge in [-0.25, -0.2) is 10.3 Å². The fourth-order valence-electron chi connectivity index (χ4n) is 0.565. The van der Waals surface area contributed by atoms with Crippen molar-refractivity contribution in [3.63, 3.8) is 0 Å². The van der Waals surface area contributed by atoms with Gasteiger partial charge in [0.2, 0.25) is 0 Å². The molecule has 0 unspecified atom stereocenters. The lowest BCUT2D eigenvalue weighted by Crippen LogP contribution is -2.14. The Labute approximate surface area is 68.6 Å². The van der Waals surface area contributed by atoms with E-state index in [-0.39, 0.29) is 0 Å². The quantitative estimate of drug-likeness (QED) is 0.490. The van der Waals surface area contributed by atoms with Gasteiger partial charge in [0.05, 0.1) is 6.20 Å². The van der Waals surface area contributed by atoms with E-state index in [0.29, 0.717) is 5.92 Å². The summed E-state index contributed by atoms with van der Waals surface area (Å²) >= 11 is 2.16. The zero-order chi connectivity index (χ0) is 6.85. The van der Waals surface area contributed by atoms with E-state index >= 15 is 0 Å². The molecule has 0 spiro atoms. The topological polar surface area (TPSA) is 26.5 Å². The van der Waals surface area contributed by atoms with Crippen molar-refractivity contribution in [2.75, 3.05) is 0 Å². The fourth-order valence-corrected chi connectivity index (χ4v) is 0.951. The average molecular weight is 235 g/mol. The molecule has 2 nitrogen and oxygen atoms in total. The second-order valence-electron chi connectivity index (χ2n) is 2.21. The summed E-state index contributed by atoms with van der Waals surface area (Å²) in [4.78, 5) is 4.10. The largest absolute Gasteiger partial charge is 0.238 e. The third-order valence-electron chi connectivity index (χ3n) is 1.04. The van der Waals surface area contributed by atoms with Crippen LogP contribution in [0.2, 0.25) is 0 Å². The van der Waals surface area contributed by atoms with Crippen molar-refractivity contribution in [1.82, 2.24) is 5.32 Å². The SMILES string of the molecule is CC(C)C1=NC=C(I)[N]1. The maximum Gasteiger partial charge on any atom is 0.132 e. The lowest BCUT2D eigenvalue weighted by Gasteiger charge is -2.01. The average Bonchev–Trinajstić information content (AvgIpc) is 2.14. The summed E-state index contributed by atoms with van der Waals surface area (Å²) in [5.74, 6) is 1.40.